The molecular formula is C13H19N3O. The first kappa shape index (κ1) is 11.9. The van der Waals surface area contributed by atoms with E-state index in [0.29, 0.717) is 0 Å². The third-order valence-electron chi connectivity index (χ3n) is 3.24. The van der Waals surface area contributed by atoms with Crippen molar-refractivity contribution in [3.63, 3.8) is 0 Å². The van der Waals surface area contributed by atoms with Gasteiger partial charge in [-0.3, -0.25) is 9.89 Å². The number of hydrogen-bond acceptors (Lipinski definition) is 2. The molecule has 17 heavy (non-hydrogen) atoms. The second-order valence-electron chi connectivity index (χ2n) is 4.55. The monoisotopic (exact) mass is 233 g/mol. The van der Waals surface area contributed by atoms with E-state index in [1.54, 1.807) is 0 Å². The number of hydrogen-bond donors (Lipinski definition) is 2. The average molecular weight is 233 g/mol. The molecule has 4 heteroatoms. The van der Waals surface area contributed by atoms with E-state index < -0.39 is 0 Å². The number of nitrogens with one attached hydrogen (secondary N) is 2. The Morgan fingerprint density at radius 2 is 2.29 bits per heavy atom. The summed E-state index contributed by atoms with van der Waals surface area (Å²) >= 11 is 0. The van der Waals surface area contributed by atoms with Crippen molar-refractivity contribution in [3.05, 3.63) is 29.6 Å². The van der Waals surface area contributed by atoms with Crippen LogP contribution in [0.2, 0.25) is 0 Å². The average Bonchev–Trinajstić information content (AvgIpc) is 2.96. The van der Waals surface area contributed by atoms with Crippen LogP contribution in [-0.4, -0.2) is 22.6 Å². The minimum atomic E-state index is 0.172. The number of rotatable bonds is 5. The van der Waals surface area contributed by atoms with Crippen LogP contribution in [0.25, 0.3) is 0 Å². The van der Waals surface area contributed by atoms with Crippen LogP contribution in [0.15, 0.2) is 18.3 Å². The van der Waals surface area contributed by atoms with Crippen LogP contribution < -0.4 is 5.32 Å². The van der Waals surface area contributed by atoms with Gasteiger partial charge in [0.15, 0.2) is 0 Å². The van der Waals surface area contributed by atoms with Crippen LogP contribution >= 0.6 is 0 Å². The number of H-pyrrole nitrogens is 1. The van der Waals surface area contributed by atoms with Crippen LogP contribution in [-0.2, 0) is 11.2 Å². The van der Waals surface area contributed by atoms with Crippen molar-refractivity contribution in [2.45, 2.75) is 32.6 Å². The van der Waals surface area contributed by atoms with E-state index in [0.717, 1.165) is 37.9 Å². The lowest BCUT2D eigenvalue weighted by atomic mass is 10.1. The summed E-state index contributed by atoms with van der Waals surface area (Å²) in [5, 5.41) is 9.89. The van der Waals surface area contributed by atoms with E-state index in [1.807, 2.05) is 13.1 Å². The Balaban J connectivity index is 1.63. The molecule has 1 aliphatic carbocycles. The molecule has 0 saturated carbocycles. The number of nitrogens with zero attached hydrogens (tertiary/aromatic N) is 1. The Labute approximate surface area is 101 Å². The second kappa shape index (κ2) is 5.66. The highest BCUT2D eigenvalue weighted by Crippen LogP contribution is 2.17. The first-order chi connectivity index (χ1) is 8.27. The van der Waals surface area contributed by atoms with Crippen molar-refractivity contribution in [1.29, 1.82) is 0 Å². The van der Waals surface area contributed by atoms with Gasteiger partial charge in [0.1, 0.15) is 0 Å². The van der Waals surface area contributed by atoms with E-state index in [1.165, 1.54) is 5.56 Å². The van der Waals surface area contributed by atoms with E-state index in [9.17, 15) is 4.79 Å². The van der Waals surface area contributed by atoms with Crippen molar-refractivity contribution in [2.75, 3.05) is 6.54 Å². The third kappa shape index (κ3) is 3.19. The van der Waals surface area contributed by atoms with Gasteiger partial charge in [-0.2, -0.15) is 5.10 Å². The number of amides is 1. The molecule has 0 aliphatic heterocycles. The van der Waals surface area contributed by atoms with Gasteiger partial charge in [-0.25, -0.2) is 0 Å². The minimum Gasteiger partial charge on any atom is -0.356 e. The van der Waals surface area contributed by atoms with E-state index in [2.05, 4.69) is 27.7 Å². The Bertz CT molecular complexity index is 401. The molecule has 1 aromatic rings. The largest absolute Gasteiger partial charge is 0.356 e. The predicted octanol–water partition coefficient (Wildman–Crippen LogP) is 1.73. The van der Waals surface area contributed by atoms with Gasteiger partial charge in [-0.05, 0) is 38.2 Å². The highest BCUT2D eigenvalue weighted by Gasteiger charge is 2.18. The summed E-state index contributed by atoms with van der Waals surface area (Å²) in [6, 6.07) is 0. The fourth-order valence-corrected chi connectivity index (χ4v) is 2.09. The number of aromatic nitrogens is 2. The van der Waals surface area contributed by atoms with Crippen molar-refractivity contribution < 1.29 is 4.79 Å². The Hall–Kier alpha value is -1.58. The molecular weight excluding hydrogens is 214 g/mol. The molecule has 92 valence electrons. The SMILES string of the molecule is Cc1[nH]ncc1CCCNC(=O)C1CC=CC1. The molecule has 4 nitrogen and oxygen atoms in total. The Kier molecular flexibility index (Phi) is 3.96. The van der Waals surface area contributed by atoms with Crippen LogP contribution in [0.4, 0.5) is 0 Å². The smallest absolute Gasteiger partial charge is 0.223 e. The maximum atomic E-state index is 11.7. The molecule has 1 amide bonds. The Morgan fingerprint density at radius 1 is 1.53 bits per heavy atom. The zero-order chi connectivity index (χ0) is 12.1. The zero-order valence-corrected chi connectivity index (χ0v) is 10.2. The summed E-state index contributed by atoms with van der Waals surface area (Å²) in [7, 11) is 0. The lowest BCUT2D eigenvalue weighted by molar-refractivity contribution is -0.124. The molecule has 2 rings (SSSR count). The minimum absolute atomic E-state index is 0.172. The van der Waals surface area contributed by atoms with Crippen molar-refractivity contribution in [3.8, 4) is 0 Å². The van der Waals surface area contributed by atoms with E-state index in [-0.39, 0.29) is 11.8 Å². The predicted molar refractivity (Wildman–Crippen MR) is 66.5 cm³/mol. The Morgan fingerprint density at radius 3 is 2.94 bits per heavy atom. The van der Waals surface area contributed by atoms with E-state index in [4.69, 9.17) is 0 Å². The maximum Gasteiger partial charge on any atom is 0.223 e. The summed E-state index contributed by atoms with van der Waals surface area (Å²) in [6.07, 6.45) is 9.74. The summed E-state index contributed by atoms with van der Waals surface area (Å²) in [5.74, 6) is 0.365. The third-order valence-corrected chi connectivity index (χ3v) is 3.24. The van der Waals surface area contributed by atoms with Gasteiger partial charge in [0.05, 0.1) is 6.20 Å². The second-order valence-corrected chi connectivity index (χ2v) is 4.55. The highest BCUT2D eigenvalue weighted by atomic mass is 16.1. The van der Waals surface area contributed by atoms with Crippen LogP contribution in [0.1, 0.15) is 30.5 Å². The van der Waals surface area contributed by atoms with Crippen LogP contribution in [0, 0.1) is 12.8 Å². The molecule has 1 heterocycles. The molecule has 0 fully saturated rings. The molecule has 0 radical (unpaired) electrons. The van der Waals surface area contributed by atoms with Crippen molar-refractivity contribution >= 4 is 5.91 Å². The standard InChI is InChI=1S/C13H19N3O/c1-10-12(9-15-16-10)7-4-8-14-13(17)11-5-2-3-6-11/h2-3,9,11H,4-8H2,1H3,(H,14,17)(H,15,16). The van der Waals surface area contributed by atoms with Crippen molar-refractivity contribution in [1.82, 2.24) is 15.5 Å². The molecule has 1 aromatic heterocycles. The topological polar surface area (TPSA) is 57.8 Å². The summed E-state index contributed by atoms with van der Waals surface area (Å²) in [5.41, 5.74) is 2.36. The molecule has 0 unspecified atom stereocenters. The molecule has 0 aromatic carbocycles. The first-order valence-corrected chi connectivity index (χ1v) is 6.19. The molecule has 0 saturated heterocycles. The summed E-state index contributed by atoms with van der Waals surface area (Å²) < 4.78 is 0. The number of aromatic amines is 1. The van der Waals surface area contributed by atoms with Gasteiger partial charge in [0, 0.05) is 18.2 Å². The lowest BCUT2D eigenvalue weighted by Gasteiger charge is -2.09. The van der Waals surface area contributed by atoms with Crippen LogP contribution in [0.3, 0.4) is 0 Å². The number of carbonyl (C=O) groups is 1. The van der Waals surface area contributed by atoms with E-state index >= 15 is 0 Å². The van der Waals surface area contributed by atoms with Crippen molar-refractivity contribution in [2.24, 2.45) is 5.92 Å². The summed E-state index contributed by atoms with van der Waals surface area (Å²) in [6.45, 7) is 2.77. The fraction of sp³-hybridized carbons (Fsp3) is 0.538. The van der Waals surface area contributed by atoms with Gasteiger partial charge in [0.2, 0.25) is 5.91 Å². The maximum absolute atomic E-state index is 11.7. The van der Waals surface area contributed by atoms with Gasteiger partial charge < -0.3 is 5.32 Å². The summed E-state index contributed by atoms with van der Waals surface area (Å²) in [4.78, 5) is 11.7. The fourth-order valence-electron chi connectivity index (χ4n) is 2.09. The molecule has 0 bridgehead atoms. The van der Waals surface area contributed by atoms with Gasteiger partial charge in [-0.1, -0.05) is 12.2 Å². The molecule has 1 aliphatic rings. The first-order valence-electron chi connectivity index (χ1n) is 6.19. The number of carbonyl (C=O) groups excluding carboxylic acids is 1. The molecule has 0 spiro atoms. The quantitative estimate of drug-likeness (QED) is 0.601. The normalized spacial score (nSPS) is 15.4. The highest BCUT2D eigenvalue weighted by molar-refractivity contribution is 5.79. The van der Waals surface area contributed by atoms with Gasteiger partial charge in [-0.15, -0.1) is 0 Å². The van der Waals surface area contributed by atoms with Crippen LogP contribution in [0.5, 0.6) is 0 Å². The van der Waals surface area contributed by atoms with Gasteiger partial charge in [0.25, 0.3) is 0 Å². The lowest BCUT2D eigenvalue weighted by Crippen LogP contribution is -2.30. The molecule has 2 N–H and O–H groups in total. The number of aryl methyl sites for hydroxylation is 2. The molecule has 0 atom stereocenters. The van der Waals surface area contributed by atoms with Gasteiger partial charge >= 0.3 is 0 Å². The number of allylic oxidation sites excluding steroid dienone is 2. The zero-order valence-electron chi connectivity index (χ0n) is 10.2.